The van der Waals surface area contributed by atoms with E-state index in [9.17, 15) is 27.2 Å². The van der Waals surface area contributed by atoms with E-state index in [0.717, 1.165) is 31.0 Å². The third kappa shape index (κ3) is 7.56. The number of methoxy groups -OCH3 is 1. The number of aromatic nitrogens is 3. The molecule has 0 bridgehead atoms. The lowest BCUT2D eigenvalue weighted by atomic mass is 9.91. The molecule has 5 aromatic rings. The molecule has 0 radical (unpaired) electrons. The number of ether oxygens (including phenoxy) is 2. The zero-order chi connectivity index (χ0) is 39.9. The van der Waals surface area contributed by atoms with Gasteiger partial charge in [0.2, 0.25) is 0 Å². The van der Waals surface area contributed by atoms with E-state index in [0.29, 0.717) is 29.5 Å². The Morgan fingerprint density at radius 1 is 1.09 bits per heavy atom. The van der Waals surface area contributed by atoms with E-state index >= 15 is 4.39 Å². The molecule has 2 saturated heterocycles. The number of pyridine rings is 1. The summed E-state index contributed by atoms with van der Waals surface area (Å²) in [7, 11) is 1.23. The van der Waals surface area contributed by atoms with Crippen molar-refractivity contribution in [2.24, 2.45) is 5.92 Å². The quantitative estimate of drug-likeness (QED) is 0.166. The molecule has 4 aliphatic rings. The zero-order valence-electron chi connectivity index (χ0n) is 30.7. The van der Waals surface area contributed by atoms with Crippen molar-refractivity contribution in [1.29, 1.82) is 5.26 Å². The molecule has 2 aromatic carbocycles. The number of benzene rings is 2. The van der Waals surface area contributed by atoms with E-state index in [1.165, 1.54) is 45.4 Å². The minimum absolute atomic E-state index is 0.0347. The summed E-state index contributed by atoms with van der Waals surface area (Å²) in [5.41, 5.74) is 8.81. The molecule has 0 spiro atoms. The molecule has 4 N–H and O–H groups in total. The number of fused-ring (bicyclic) bond motifs is 2. The predicted molar refractivity (Wildman–Crippen MR) is 203 cm³/mol. The molecular weight excluding hydrogens is 759 g/mol. The van der Waals surface area contributed by atoms with Crippen LogP contribution in [-0.4, -0.2) is 65.4 Å². The molecule has 2 atom stereocenters. The first-order chi connectivity index (χ1) is 26.8. The Bertz CT molecular complexity index is 2300. The minimum atomic E-state index is -5.17. The van der Waals surface area contributed by atoms with Crippen LogP contribution < -0.4 is 25.8 Å². The van der Waals surface area contributed by atoms with Crippen LogP contribution in [0.15, 0.2) is 30.5 Å². The van der Waals surface area contributed by atoms with Gasteiger partial charge in [-0.05, 0) is 49.4 Å². The number of anilines is 3. The Kier molecular flexibility index (Phi) is 11.1. The van der Waals surface area contributed by atoms with Crippen LogP contribution in [0.4, 0.5) is 43.0 Å². The van der Waals surface area contributed by atoms with Gasteiger partial charge in [-0.25, -0.2) is 18.2 Å². The Labute approximate surface area is 323 Å². The van der Waals surface area contributed by atoms with Gasteiger partial charge in [-0.2, -0.15) is 28.4 Å². The molecular formula is C39H40F6N8O2S. The van der Waals surface area contributed by atoms with Crippen molar-refractivity contribution in [1.82, 2.24) is 19.9 Å². The highest BCUT2D eigenvalue weighted by molar-refractivity contribution is 7.23. The highest BCUT2D eigenvalue weighted by Crippen LogP contribution is 2.53. The van der Waals surface area contributed by atoms with Crippen molar-refractivity contribution in [3.63, 3.8) is 0 Å². The summed E-state index contributed by atoms with van der Waals surface area (Å²) in [6.07, 6.45) is 3.57. The van der Waals surface area contributed by atoms with Gasteiger partial charge >= 0.3 is 12.2 Å². The highest BCUT2D eigenvalue weighted by atomic mass is 32.1. The molecule has 3 fully saturated rings. The van der Waals surface area contributed by atoms with Crippen LogP contribution in [0.2, 0.25) is 0 Å². The molecule has 3 aromatic heterocycles. The second kappa shape index (κ2) is 15.8. The van der Waals surface area contributed by atoms with Crippen LogP contribution in [0.3, 0.4) is 0 Å². The topological polar surface area (TPSA) is 139 Å². The van der Waals surface area contributed by atoms with Crippen LogP contribution in [0.5, 0.6) is 11.8 Å². The lowest BCUT2D eigenvalue weighted by Gasteiger charge is -2.24. The summed E-state index contributed by atoms with van der Waals surface area (Å²) < 4.78 is 99.6. The minimum Gasteiger partial charge on any atom is -0.490 e. The van der Waals surface area contributed by atoms with Gasteiger partial charge in [-0.1, -0.05) is 38.3 Å². The van der Waals surface area contributed by atoms with Gasteiger partial charge in [-0.3, -0.25) is 4.90 Å². The van der Waals surface area contributed by atoms with Crippen LogP contribution in [0.25, 0.3) is 32.1 Å². The molecule has 296 valence electrons. The maximum Gasteiger partial charge on any atom is 0.420 e. The molecule has 1 aliphatic carbocycles. The number of thiophene rings is 1. The molecule has 10 nitrogen and oxygen atoms in total. The number of hydrogen-bond donors (Lipinski definition) is 2. The molecule has 56 heavy (non-hydrogen) atoms. The van der Waals surface area contributed by atoms with Crippen molar-refractivity contribution in [2.75, 3.05) is 49.7 Å². The number of nitriles is 1. The molecule has 2 unspecified atom stereocenters. The number of nitrogens with zero attached hydrogens (tertiary/aromatic N) is 6. The van der Waals surface area contributed by atoms with Gasteiger partial charge in [0.25, 0.3) is 0 Å². The standard InChI is InChI=1S/C27H18F5N7O2S.C7H12FN.C5H10/c1-40-26-37-20-17-21(41-8-7-39(25(17)38-26)10-11-3-2-6-36-23(11)34)18(27(30,31)32)16(19(20)29)12-4-5-14(28)22-15(12)13(9-33)24(35)42-22;8-6-4-7-2-1-3-9(7)5-6;1-2-5-3-4-5/h2-6H,7-8,10,35H2,1H3,(H2,34,36);6-7H,1-5H2;5H,2-4H2,1H3. The van der Waals surface area contributed by atoms with Gasteiger partial charge in [0, 0.05) is 41.8 Å². The van der Waals surface area contributed by atoms with Gasteiger partial charge in [0.15, 0.2) is 5.82 Å². The third-order valence-electron chi connectivity index (χ3n) is 10.6. The van der Waals surface area contributed by atoms with E-state index in [1.54, 1.807) is 23.1 Å². The Hall–Kier alpha value is -5.08. The first-order valence-corrected chi connectivity index (χ1v) is 19.2. The van der Waals surface area contributed by atoms with E-state index in [-0.39, 0.29) is 63.4 Å². The van der Waals surface area contributed by atoms with E-state index in [4.69, 9.17) is 20.9 Å². The van der Waals surface area contributed by atoms with Crippen molar-refractivity contribution in [2.45, 2.75) is 70.4 Å². The monoisotopic (exact) mass is 798 g/mol. The number of nitrogen functional groups attached to an aromatic ring is 2. The average Bonchev–Trinajstić information content (AvgIpc) is 3.74. The molecule has 17 heteroatoms. The van der Waals surface area contributed by atoms with Crippen molar-refractivity contribution in [3.05, 3.63) is 58.8 Å². The lowest BCUT2D eigenvalue weighted by molar-refractivity contribution is -0.138. The smallest absolute Gasteiger partial charge is 0.420 e. The van der Waals surface area contributed by atoms with E-state index in [1.807, 2.05) is 0 Å². The number of hydrogen-bond acceptors (Lipinski definition) is 11. The van der Waals surface area contributed by atoms with Crippen molar-refractivity contribution < 1.29 is 35.8 Å². The molecule has 1 saturated carbocycles. The Morgan fingerprint density at radius 3 is 2.52 bits per heavy atom. The summed E-state index contributed by atoms with van der Waals surface area (Å²) in [5.74, 6) is -1.68. The van der Waals surface area contributed by atoms with E-state index in [2.05, 4.69) is 26.8 Å². The Morgan fingerprint density at radius 2 is 1.88 bits per heavy atom. The number of nitrogens with two attached hydrogens (primary N) is 2. The Balaban J connectivity index is 0.000000284. The highest BCUT2D eigenvalue weighted by Gasteiger charge is 2.44. The molecule has 3 aliphatic heterocycles. The van der Waals surface area contributed by atoms with Gasteiger partial charge in [-0.15, -0.1) is 11.3 Å². The summed E-state index contributed by atoms with van der Waals surface area (Å²) in [5, 5.41) is 9.00. The van der Waals surface area contributed by atoms with Crippen LogP contribution >= 0.6 is 11.3 Å². The van der Waals surface area contributed by atoms with Gasteiger partial charge in [0.1, 0.15) is 58.1 Å². The second-order valence-electron chi connectivity index (χ2n) is 14.2. The summed E-state index contributed by atoms with van der Waals surface area (Å²) in [6, 6.07) is 7.29. The van der Waals surface area contributed by atoms with Gasteiger partial charge in [0.05, 0.1) is 29.3 Å². The van der Waals surface area contributed by atoms with Gasteiger partial charge < -0.3 is 25.8 Å². The van der Waals surface area contributed by atoms with Crippen LogP contribution in [0, 0.1) is 28.9 Å². The number of halogens is 6. The average molecular weight is 799 g/mol. The zero-order valence-corrected chi connectivity index (χ0v) is 31.5. The maximum absolute atomic E-state index is 16.6. The first kappa shape index (κ1) is 39.2. The number of rotatable bonds is 5. The summed E-state index contributed by atoms with van der Waals surface area (Å²) in [6.45, 7) is 3.96. The summed E-state index contributed by atoms with van der Waals surface area (Å²) in [4.78, 5) is 16.3. The first-order valence-electron chi connectivity index (χ1n) is 18.4. The van der Waals surface area contributed by atoms with E-state index < -0.39 is 51.9 Å². The van der Waals surface area contributed by atoms with Crippen molar-refractivity contribution >= 4 is 49.0 Å². The summed E-state index contributed by atoms with van der Waals surface area (Å²) >= 11 is 0.675. The number of alkyl halides is 4. The normalized spacial score (nSPS) is 19.0. The van der Waals surface area contributed by atoms with Crippen LogP contribution in [0.1, 0.15) is 62.1 Å². The molecule has 6 heterocycles. The van der Waals surface area contributed by atoms with Crippen LogP contribution in [-0.2, 0) is 12.7 Å². The van der Waals surface area contributed by atoms with Crippen molar-refractivity contribution in [3.8, 4) is 29.0 Å². The second-order valence-corrected chi connectivity index (χ2v) is 15.2. The largest absolute Gasteiger partial charge is 0.490 e. The maximum atomic E-state index is 16.6. The molecule has 0 amide bonds. The third-order valence-corrected chi connectivity index (χ3v) is 11.6. The predicted octanol–water partition coefficient (Wildman–Crippen LogP) is 8.65. The fourth-order valence-electron chi connectivity index (χ4n) is 7.62. The lowest BCUT2D eigenvalue weighted by Crippen LogP contribution is -2.28. The molecule has 9 rings (SSSR count). The fourth-order valence-corrected chi connectivity index (χ4v) is 8.57. The SMILES string of the molecule is CCC1CC1.COc1nc2c3c(c(C(F)(F)F)c(-c4ccc(F)c5sc(N)c(C#N)c45)c(F)c3n1)OCCN2Cc1cccnc1N.FC1CC2CCCN2C1. The fraction of sp³-hybridized carbons (Fsp3) is 0.436.